The molecule has 2 N–H and O–H groups in total. The van der Waals surface area contributed by atoms with E-state index in [4.69, 9.17) is 0 Å². The maximum absolute atomic E-state index is 9.88. The Bertz CT molecular complexity index is 516. The maximum Gasteiger partial charge on any atom is 0.134 e. The van der Waals surface area contributed by atoms with Crippen LogP contribution in [0.4, 0.5) is 0 Å². The van der Waals surface area contributed by atoms with Crippen molar-refractivity contribution >= 4 is 15.9 Å². The average Bonchev–Trinajstić information content (AvgIpc) is 2.41. The summed E-state index contributed by atoms with van der Waals surface area (Å²) in [7, 11) is 0. The van der Waals surface area contributed by atoms with Gasteiger partial charge in [0.05, 0.1) is 10.2 Å². The van der Waals surface area contributed by atoms with Crippen molar-refractivity contribution in [2.45, 2.75) is 19.5 Å². The van der Waals surface area contributed by atoms with E-state index >= 15 is 0 Å². The average molecular weight is 307 g/mol. The zero-order valence-corrected chi connectivity index (χ0v) is 11.7. The Labute approximate surface area is 115 Å². The van der Waals surface area contributed by atoms with Crippen LogP contribution >= 0.6 is 15.9 Å². The quantitative estimate of drug-likeness (QED) is 0.910. The van der Waals surface area contributed by atoms with Crippen molar-refractivity contribution in [3.8, 4) is 5.75 Å². The lowest BCUT2D eigenvalue weighted by Crippen LogP contribution is -2.19. The van der Waals surface area contributed by atoms with E-state index < -0.39 is 0 Å². The summed E-state index contributed by atoms with van der Waals surface area (Å²) in [5.74, 6) is 0.290. The van der Waals surface area contributed by atoms with Gasteiger partial charge in [0, 0.05) is 24.3 Å². The number of phenols is 1. The third-order valence-corrected chi connectivity index (χ3v) is 3.44. The number of para-hydroxylation sites is 1. The van der Waals surface area contributed by atoms with Crippen molar-refractivity contribution in [3.63, 3.8) is 0 Å². The molecular weight excluding hydrogens is 292 g/mol. The van der Waals surface area contributed by atoms with Gasteiger partial charge in [-0.1, -0.05) is 18.2 Å². The minimum atomic E-state index is 0.143. The Morgan fingerprint density at radius 3 is 2.83 bits per heavy atom. The Morgan fingerprint density at radius 1 is 1.28 bits per heavy atom. The summed E-state index contributed by atoms with van der Waals surface area (Å²) in [6.45, 7) is 2.65. The number of aromatic hydroxyl groups is 1. The number of halogens is 1. The number of phenolic OH excluding ortho intramolecular Hbond substituents is 1. The molecule has 0 amide bonds. The van der Waals surface area contributed by atoms with E-state index in [1.165, 1.54) is 0 Å². The third kappa shape index (κ3) is 3.09. The lowest BCUT2D eigenvalue weighted by molar-refractivity contribution is 0.456. The molecule has 0 aliphatic carbocycles. The summed E-state index contributed by atoms with van der Waals surface area (Å²) in [5.41, 5.74) is 1.86. The number of benzene rings is 1. The van der Waals surface area contributed by atoms with Gasteiger partial charge >= 0.3 is 0 Å². The molecule has 1 atom stereocenters. The first kappa shape index (κ1) is 13.1. The summed E-state index contributed by atoms with van der Waals surface area (Å²) in [6, 6.07) is 11.6. The van der Waals surface area contributed by atoms with Crippen LogP contribution in [-0.2, 0) is 6.54 Å². The molecular formula is C14H15BrN2O. The molecule has 4 heteroatoms. The molecule has 94 valence electrons. The Balaban J connectivity index is 2.02. The predicted octanol–water partition coefficient (Wildman–Crippen LogP) is 3.40. The van der Waals surface area contributed by atoms with Gasteiger partial charge in [-0.3, -0.25) is 4.98 Å². The van der Waals surface area contributed by atoms with Crippen LogP contribution < -0.4 is 5.32 Å². The zero-order valence-electron chi connectivity index (χ0n) is 10.1. The van der Waals surface area contributed by atoms with Gasteiger partial charge < -0.3 is 10.4 Å². The van der Waals surface area contributed by atoms with Crippen LogP contribution in [0, 0.1) is 0 Å². The van der Waals surface area contributed by atoms with E-state index in [9.17, 15) is 5.11 Å². The highest BCUT2D eigenvalue weighted by molar-refractivity contribution is 9.10. The SMILES string of the molecule is CC(NCc1cccc(Br)c1O)c1ccccn1. The number of hydrogen-bond donors (Lipinski definition) is 2. The highest BCUT2D eigenvalue weighted by atomic mass is 79.9. The van der Waals surface area contributed by atoms with Crippen LogP contribution in [-0.4, -0.2) is 10.1 Å². The maximum atomic E-state index is 9.88. The first-order valence-corrected chi connectivity index (χ1v) is 6.58. The number of aromatic nitrogens is 1. The highest BCUT2D eigenvalue weighted by Crippen LogP contribution is 2.27. The van der Waals surface area contributed by atoms with Crippen molar-refractivity contribution in [1.82, 2.24) is 10.3 Å². The molecule has 1 aromatic carbocycles. The number of rotatable bonds is 4. The summed E-state index contributed by atoms with van der Waals surface area (Å²) in [4.78, 5) is 4.30. The van der Waals surface area contributed by atoms with E-state index in [0.29, 0.717) is 16.8 Å². The van der Waals surface area contributed by atoms with Crippen LogP contribution in [0.2, 0.25) is 0 Å². The standard InChI is InChI=1S/C14H15BrN2O/c1-10(13-7-2-3-8-16-13)17-9-11-5-4-6-12(15)14(11)18/h2-8,10,17-18H,9H2,1H3. The fourth-order valence-corrected chi connectivity index (χ4v) is 2.11. The highest BCUT2D eigenvalue weighted by Gasteiger charge is 2.08. The molecule has 1 unspecified atom stereocenters. The van der Waals surface area contributed by atoms with Crippen molar-refractivity contribution in [2.24, 2.45) is 0 Å². The molecule has 1 aromatic heterocycles. The summed E-state index contributed by atoms with van der Waals surface area (Å²) in [5, 5.41) is 13.2. The van der Waals surface area contributed by atoms with Crippen LogP contribution in [0.15, 0.2) is 47.1 Å². The smallest absolute Gasteiger partial charge is 0.134 e. The summed E-state index contributed by atoms with van der Waals surface area (Å²) in [6.07, 6.45) is 1.78. The molecule has 2 aromatic rings. The zero-order chi connectivity index (χ0) is 13.0. The largest absolute Gasteiger partial charge is 0.506 e. The normalized spacial score (nSPS) is 12.3. The Morgan fingerprint density at radius 2 is 2.11 bits per heavy atom. The molecule has 0 fully saturated rings. The van der Waals surface area contributed by atoms with Crippen LogP contribution in [0.5, 0.6) is 5.75 Å². The van der Waals surface area contributed by atoms with Gasteiger partial charge in [0.25, 0.3) is 0 Å². The monoisotopic (exact) mass is 306 g/mol. The lowest BCUT2D eigenvalue weighted by Gasteiger charge is -2.14. The lowest BCUT2D eigenvalue weighted by atomic mass is 10.1. The number of hydrogen-bond acceptors (Lipinski definition) is 3. The van der Waals surface area contributed by atoms with Gasteiger partial charge in [0.1, 0.15) is 5.75 Å². The minimum Gasteiger partial charge on any atom is -0.506 e. The van der Waals surface area contributed by atoms with Gasteiger partial charge in [0.15, 0.2) is 0 Å². The first-order chi connectivity index (χ1) is 8.68. The van der Waals surface area contributed by atoms with E-state index in [1.54, 1.807) is 6.20 Å². The van der Waals surface area contributed by atoms with Crippen molar-refractivity contribution in [3.05, 3.63) is 58.3 Å². The molecule has 0 aliphatic rings. The van der Waals surface area contributed by atoms with Gasteiger partial charge in [-0.2, -0.15) is 0 Å². The number of nitrogens with zero attached hydrogens (tertiary/aromatic N) is 1. The minimum absolute atomic E-state index is 0.143. The van der Waals surface area contributed by atoms with Gasteiger partial charge in [-0.15, -0.1) is 0 Å². The Hall–Kier alpha value is -1.39. The van der Waals surface area contributed by atoms with Crippen LogP contribution in [0.1, 0.15) is 24.2 Å². The first-order valence-electron chi connectivity index (χ1n) is 5.79. The molecule has 0 aliphatic heterocycles. The van der Waals surface area contributed by atoms with Crippen molar-refractivity contribution in [1.29, 1.82) is 0 Å². The third-order valence-electron chi connectivity index (χ3n) is 2.80. The molecule has 3 nitrogen and oxygen atoms in total. The molecule has 0 spiro atoms. The van der Waals surface area contributed by atoms with Gasteiger partial charge in [-0.05, 0) is 41.1 Å². The summed E-state index contributed by atoms with van der Waals surface area (Å²) >= 11 is 3.31. The number of nitrogens with one attached hydrogen (secondary N) is 1. The summed E-state index contributed by atoms with van der Waals surface area (Å²) < 4.78 is 0.715. The van der Waals surface area contributed by atoms with Crippen LogP contribution in [0.3, 0.4) is 0 Å². The predicted molar refractivity (Wildman–Crippen MR) is 75.3 cm³/mol. The van der Waals surface area contributed by atoms with E-state index in [0.717, 1.165) is 11.3 Å². The van der Waals surface area contributed by atoms with Crippen molar-refractivity contribution < 1.29 is 5.11 Å². The van der Waals surface area contributed by atoms with E-state index in [-0.39, 0.29) is 6.04 Å². The fourth-order valence-electron chi connectivity index (χ4n) is 1.70. The number of pyridine rings is 1. The molecule has 0 bridgehead atoms. The topological polar surface area (TPSA) is 45.1 Å². The Kier molecular flexibility index (Phi) is 4.33. The molecule has 1 heterocycles. The second kappa shape index (κ2) is 5.98. The van der Waals surface area contributed by atoms with Crippen molar-refractivity contribution in [2.75, 3.05) is 0 Å². The molecule has 2 rings (SSSR count). The van der Waals surface area contributed by atoms with E-state index in [2.05, 4.69) is 33.2 Å². The molecule has 0 radical (unpaired) electrons. The van der Waals surface area contributed by atoms with E-state index in [1.807, 2.05) is 36.4 Å². The second-order valence-corrected chi connectivity index (χ2v) is 4.96. The van der Waals surface area contributed by atoms with Gasteiger partial charge in [-0.25, -0.2) is 0 Å². The molecule has 0 saturated carbocycles. The van der Waals surface area contributed by atoms with Crippen LogP contribution in [0.25, 0.3) is 0 Å². The van der Waals surface area contributed by atoms with Gasteiger partial charge in [0.2, 0.25) is 0 Å². The molecule has 18 heavy (non-hydrogen) atoms. The second-order valence-electron chi connectivity index (χ2n) is 4.10. The molecule has 0 saturated heterocycles. The fraction of sp³-hybridized carbons (Fsp3) is 0.214.